The number of nitrogens with zero attached hydrogens (tertiary/aromatic N) is 4. The van der Waals surface area contributed by atoms with Crippen LogP contribution in [0, 0.1) is 10.1 Å². The van der Waals surface area contributed by atoms with E-state index in [9.17, 15) is 19.7 Å². The average molecular weight is 438 g/mol. The fraction of sp³-hybridized carbons (Fsp3) is 0.238. The van der Waals surface area contributed by atoms with Crippen molar-refractivity contribution in [1.82, 2.24) is 10.1 Å². The van der Waals surface area contributed by atoms with Gasteiger partial charge in [-0.25, -0.2) is 0 Å². The van der Waals surface area contributed by atoms with Crippen LogP contribution < -0.4 is 9.64 Å². The number of rotatable bonds is 7. The highest BCUT2D eigenvalue weighted by Gasteiger charge is 2.31. The van der Waals surface area contributed by atoms with Crippen LogP contribution in [0.4, 0.5) is 11.4 Å². The average Bonchev–Trinajstić information content (AvgIpc) is 3.27. The molecule has 0 spiro atoms. The molecule has 32 heavy (non-hydrogen) atoms. The summed E-state index contributed by atoms with van der Waals surface area (Å²) in [6.45, 7) is 1.56. The molecule has 0 fully saturated rings. The first-order valence-corrected chi connectivity index (χ1v) is 9.72. The highest BCUT2D eigenvalue weighted by molar-refractivity contribution is 6.00. The molecule has 1 aliphatic heterocycles. The van der Waals surface area contributed by atoms with Gasteiger partial charge in [0, 0.05) is 24.2 Å². The maximum atomic E-state index is 12.5. The number of non-ortho nitro benzene ring substituents is 1. The van der Waals surface area contributed by atoms with E-state index in [-0.39, 0.29) is 42.9 Å². The van der Waals surface area contributed by atoms with Crippen LogP contribution in [0.15, 0.2) is 53.1 Å². The first kappa shape index (κ1) is 21.0. The van der Waals surface area contributed by atoms with Gasteiger partial charge in [-0.3, -0.25) is 19.7 Å². The summed E-state index contributed by atoms with van der Waals surface area (Å²) in [4.78, 5) is 40.5. The van der Waals surface area contributed by atoms with Crippen molar-refractivity contribution in [3.8, 4) is 17.1 Å². The van der Waals surface area contributed by atoms with Crippen molar-refractivity contribution < 1.29 is 28.5 Å². The Bertz CT molecular complexity index is 1160. The molecular weight excluding hydrogens is 420 g/mol. The smallest absolute Gasteiger partial charge is 0.308 e. The van der Waals surface area contributed by atoms with E-state index in [1.165, 1.54) is 29.2 Å². The van der Waals surface area contributed by atoms with Gasteiger partial charge in [0.15, 0.2) is 12.7 Å². The molecule has 1 atom stereocenters. The third-order valence-electron chi connectivity index (χ3n) is 4.77. The van der Waals surface area contributed by atoms with Crippen LogP contribution in [-0.2, 0) is 20.9 Å². The van der Waals surface area contributed by atoms with Crippen molar-refractivity contribution in [2.75, 3.05) is 11.4 Å². The van der Waals surface area contributed by atoms with Gasteiger partial charge in [0.25, 0.3) is 17.5 Å². The minimum absolute atomic E-state index is 0.0316. The van der Waals surface area contributed by atoms with Gasteiger partial charge < -0.3 is 18.9 Å². The Labute approximate surface area is 181 Å². The van der Waals surface area contributed by atoms with E-state index >= 15 is 0 Å². The molecule has 2 aromatic carbocycles. The second-order valence-electron chi connectivity index (χ2n) is 6.94. The zero-order valence-electron chi connectivity index (χ0n) is 17.0. The molecule has 0 aliphatic carbocycles. The molecule has 0 saturated heterocycles. The number of anilines is 1. The zero-order valence-corrected chi connectivity index (χ0v) is 17.0. The predicted octanol–water partition coefficient (Wildman–Crippen LogP) is 2.89. The lowest BCUT2D eigenvalue weighted by atomic mass is 10.2. The number of para-hydroxylation sites is 2. The Morgan fingerprint density at radius 3 is 2.72 bits per heavy atom. The number of aromatic nitrogens is 2. The number of nitro groups is 1. The molecule has 0 radical (unpaired) electrons. The Kier molecular flexibility index (Phi) is 5.79. The largest absolute Gasteiger partial charge is 0.479 e. The number of ether oxygens (including phenoxy) is 2. The van der Waals surface area contributed by atoms with E-state index in [0.717, 1.165) is 0 Å². The molecule has 11 nitrogen and oxygen atoms in total. The van der Waals surface area contributed by atoms with Gasteiger partial charge >= 0.3 is 5.97 Å². The van der Waals surface area contributed by atoms with Crippen LogP contribution in [0.25, 0.3) is 11.4 Å². The highest BCUT2D eigenvalue weighted by Crippen LogP contribution is 2.33. The summed E-state index contributed by atoms with van der Waals surface area (Å²) in [6, 6.07) is 12.8. The summed E-state index contributed by atoms with van der Waals surface area (Å²) in [6.07, 6.45) is -0.673. The molecule has 0 N–H and O–H groups in total. The minimum atomic E-state index is -0.642. The Morgan fingerprint density at radius 1 is 1.22 bits per heavy atom. The maximum Gasteiger partial charge on any atom is 0.308 e. The first-order chi connectivity index (χ1) is 15.4. The van der Waals surface area contributed by atoms with Crippen molar-refractivity contribution in [3.63, 3.8) is 0 Å². The van der Waals surface area contributed by atoms with Crippen LogP contribution in [0.5, 0.6) is 5.75 Å². The van der Waals surface area contributed by atoms with E-state index in [4.69, 9.17) is 14.0 Å². The van der Waals surface area contributed by atoms with Gasteiger partial charge in [-0.2, -0.15) is 4.98 Å². The fourth-order valence-corrected chi connectivity index (χ4v) is 3.17. The van der Waals surface area contributed by atoms with E-state index < -0.39 is 17.0 Å². The predicted molar refractivity (Wildman–Crippen MR) is 110 cm³/mol. The quantitative estimate of drug-likeness (QED) is 0.309. The number of benzene rings is 2. The summed E-state index contributed by atoms with van der Waals surface area (Å²) < 4.78 is 15.8. The highest BCUT2D eigenvalue weighted by atomic mass is 16.6. The number of carbonyl (C=O) groups excluding carboxylic acids is 2. The van der Waals surface area contributed by atoms with Crippen molar-refractivity contribution in [1.29, 1.82) is 0 Å². The molecule has 1 unspecified atom stereocenters. The standard InChI is InChI=1S/C21H18N4O7/c1-13-21(27)24(16-4-2-3-5-17(16)31-13)11-10-19(26)30-12-18-22-20(23-32-18)14-6-8-15(9-7-14)25(28)29/h2-9,13H,10-12H2,1H3. The number of nitro benzene ring substituents is 1. The van der Waals surface area contributed by atoms with Crippen LogP contribution in [-0.4, -0.2) is 39.6 Å². The van der Waals surface area contributed by atoms with Gasteiger partial charge in [-0.15, -0.1) is 0 Å². The Morgan fingerprint density at radius 2 is 1.97 bits per heavy atom. The summed E-state index contributed by atoms with van der Waals surface area (Å²) in [7, 11) is 0. The molecule has 4 rings (SSSR count). The van der Waals surface area contributed by atoms with Crippen molar-refractivity contribution in [2.45, 2.75) is 26.1 Å². The molecule has 3 aromatic rings. The van der Waals surface area contributed by atoms with Crippen LogP contribution >= 0.6 is 0 Å². The second kappa shape index (κ2) is 8.84. The lowest BCUT2D eigenvalue weighted by Crippen LogP contribution is -2.45. The third kappa shape index (κ3) is 4.41. The van der Waals surface area contributed by atoms with E-state index in [1.54, 1.807) is 25.1 Å². The van der Waals surface area contributed by atoms with E-state index in [0.29, 0.717) is 17.0 Å². The lowest BCUT2D eigenvalue weighted by Gasteiger charge is -2.32. The van der Waals surface area contributed by atoms with Crippen molar-refractivity contribution in [3.05, 3.63) is 64.5 Å². The molecule has 0 saturated carbocycles. The molecule has 2 heterocycles. The molecular formula is C21H18N4O7. The summed E-state index contributed by atoms with van der Waals surface area (Å²) >= 11 is 0. The summed E-state index contributed by atoms with van der Waals surface area (Å²) in [5.41, 5.74) is 1.07. The van der Waals surface area contributed by atoms with Gasteiger partial charge in [0.05, 0.1) is 17.0 Å². The van der Waals surface area contributed by atoms with Crippen molar-refractivity contribution in [2.24, 2.45) is 0 Å². The number of fused-ring (bicyclic) bond motifs is 1. The van der Waals surface area contributed by atoms with Gasteiger partial charge in [-0.1, -0.05) is 17.3 Å². The SMILES string of the molecule is CC1Oc2ccccc2N(CCC(=O)OCc2nc(-c3ccc([N+](=O)[O-])cc3)no2)C1=O. The number of hydrogen-bond donors (Lipinski definition) is 0. The number of carbonyl (C=O) groups is 2. The van der Waals surface area contributed by atoms with Crippen LogP contribution in [0.2, 0.25) is 0 Å². The van der Waals surface area contributed by atoms with E-state index in [1.807, 2.05) is 6.07 Å². The Balaban J connectivity index is 1.32. The third-order valence-corrected chi connectivity index (χ3v) is 4.77. The molecule has 1 amide bonds. The minimum Gasteiger partial charge on any atom is -0.479 e. The zero-order chi connectivity index (χ0) is 22.7. The van der Waals surface area contributed by atoms with E-state index in [2.05, 4.69) is 10.1 Å². The normalized spacial score (nSPS) is 15.1. The van der Waals surface area contributed by atoms with Crippen LogP contribution in [0.1, 0.15) is 19.2 Å². The number of esters is 1. The Hall–Kier alpha value is -4.28. The molecule has 11 heteroatoms. The summed E-state index contributed by atoms with van der Waals surface area (Å²) in [5.74, 6) is 0.104. The maximum absolute atomic E-state index is 12.5. The number of hydrogen-bond acceptors (Lipinski definition) is 9. The van der Waals surface area contributed by atoms with Gasteiger partial charge in [-0.05, 0) is 31.2 Å². The van der Waals surface area contributed by atoms with Crippen LogP contribution in [0.3, 0.4) is 0 Å². The summed E-state index contributed by atoms with van der Waals surface area (Å²) in [5, 5.41) is 14.5. The molecule has 1 aromatic heterocycles. The first-order valence-electron chi connectivity index (χ1n) is 9.72. The monoisotopic (exact) mass is 438 g/mol. The molecule has 164 valence electrons. The van der Waals surface area contributed by atoms with Gasteiger partial charge in [0.2, 0.25) is 5.82 Å². The van der Waals surface area contributed by atoms with Gasteiger partial charge in [0.1, 0.15) is 5.75 Å². The lowest BCUT2D eigenvalue weighted by molar-refractivity contribution is -0.384. The molecule has 0 bridgehead atoms. The second-order valence-corrected chi connectivity index (χ2v) is 6.94. The van der Waals surface area contributed by atoms with Crippen molar-refractivity contribution >= 4 is 23.3 Å². The molecule has 1 aliphatic rings. The fourth-order valence-electron chi connectivity index (χ4n) is 3.17. The number of amides is 1. The topological polar surface area (TPSA) is 138 Å².